The molecule has 2 atom stereocenters. The van der Waals surface area contributed by atoms with Crippen LogP contribution in [0.25, 0.3) is 0 Å². The molecule has 0 amide bonds. The highest BCUT2D eigenvalue weighted by Crippen LogP contribution is 2.33. The van der Waals surface area contributed by atoms with Crippen LogP contribution in [0, 0.1) is 12.8 Å². The van der Waals surface area contributed by atoms with Crippen LogP contribution in [0.3, 0.4) is 0 Å². The van der Waals surface area contributed by atoms with E-state index in [0.717, 1.165) is 50.7 Å². The van der Waals surface area contributed by atoms with Crippen molar-refractivity contribution in [3.63, 3.8) is 0 Å². The molecule has 0 bridgehead atoms. The molecule has 1 fully saturated rings. The molecule has 1 aliphatic heterocycles. The molecule has 0 saturated carbocycles. The lowest BCUT2D eigenvalue weighted by atomic mass is 9.89. The second-order valence-electron chi connectivity index (χ2n) is 6.81. The van der Waals surface area contributed by atoms with Crippen molar-refractivity contribution in [1.29, 1.82) is 0 Å². The van der Waals surface area contributed by atoms with Crippen molar-refractivity contribution < 1.29 is 9.15 Å². The maximum atomic E-state index is 6.10. The Labute approximate surface area is 155 Å². The Morgan fingerprint density at radius 1 is 1.19 bits per heavy atom. The fraction of sp³-hybridized carbons (Fsp3) is 0.476. The number of guanidine groups is 1. The van der Waals surface area contributed by atoms with E-state index in [-0.39, 0.29) is 6.10 Å². The number of aryl methyl sites for hydroxylation is 1. The van der Waals surface area contributed by atoms with Crippen LogP contribution in [-0.2, 0) is 11.2 Å². The minimum Gasteiger partial charge on any atom is -0.469 e. The van der Waals surface area contributed by atoms with Crippen LogP contribution in [-0.4, -0.2) is 32.7 Å². The summed E-state index contributed by atoms with van der Waals surface area (Å²) in [5.74, 6) is 2.24. The predicted octanol–water partition coefficient (Wildman–Crippen LogP) is 3.46. The van der Waals surface area contributed by atoms with Gasteiger partial charge in [0.25, 0.3) is 0 Å². The third-order valence-corrected chi connectivity index (χ3v) is 4.85. The maximum absolute atomic E-state index is 6.10. The Bertz CT molecular complexity index is 680. The number of ether oxygens (including phenoxy) is 1. The molecular weight excluding hydrogens is 326 g/mol. The average molecular weight is 355 g/mol. The van der Waals surface area contributed by atoms with Gasteiger partial charge in [0, 0.05) is 39.1 Å². The topological polar surface area (TPSA) is 58.8 Å². The SMILES string of the molecule is CN=C(NCCc1ccco1)NCC1CCCOC1c1ccc(C)cc1. The van der Waals surface area contributed by atoms with E-state index in [1.807, 2.05) is 12.1 Å². The van der Waals surface area contributed by atoms with E-state index in [4.69, 9.17) is 9.15 Å². The van der Waals surface area contributed by atoms with E-state index >= 15 is 0 Å². The monoisotopic (exact) mass is 355 g/mol. The van der Waals surface area contributed by atoms with Crippen molar-refractivity contribution in [3.8, 4) is 0 Å². The lowest BCUT2D eigenvalue weighted by molar-refractivity contribution is -0.0265. The van der Waals surface area contributed by atoms with E-state index in [0.29, 0.717) is 5.92 Å². The molecule has 26 heavy (non-hydrogen) atoms. The second-order valence-corrected chi connectivity index (χ2v) is 6.81. The van der Waals surface area contributed by atoms with Crippen molar-refractivity contribution in [1.82, 2.24) is 10.6 Å². The summed E-state index contributed by atoms with van der Waals surface area (Å²) in [7, 11) is 1.80. The predicted molar refractivity (Wildman–Crippen MR) is 104 cm³/mol. The fourth-order valence-corrected chi connectivity index (χ4v) is 3.38. The van der Waals surface area contributed by atoms with Gasteiger partial charge < -0.3 is 19.8 Å². The first kappa shape index (κ1) is 18.5. The van der Waals surface area contributed by atoms with Crippen LogP contribution < -0.4 is 10.6 Å². The number of nitrogens with zero attached hydrogens (tertiary/aromatic N) is 1. The number of benzene rings is 1. The molecule has 2 aromatic rings. The summed E-state index contributed by atoms with van der Waals surface area (Å²) in [5, 5.41) is 6.81. The average Bonchev–Trinajstić information content (AvgIpc) is 3.19. The van der Waals surface area contributed by atoms with Crippen LogP contribution in [0.5, 0.6) is 0 Å². The summed E-state index contributed by atoms with van der Waals surface area (Å²) in [4.78, 5) is 4.32. The Hall–Kier alpha value is -2.27. The van der Waals surface area contributed by atoms with Crippen LogP contribution in [0.15, 0.2) is 52.1 Å². The molecule has 2 unspecified atom stereocenters. The van der Waals surface area contributed by atoms with Gasteiger partial charge in [0.05, 0.1) is 12.4 Å². The summed E-state index contributed by atoms with van der Waals surface area (Å²) in [6.45, 7) is 4.59. The van der Waals surface area contributed by atoms with Crippen molar-refractivity contribution in [3.05, 3.63) is 59.5 Å². The van der Waals surface area contributed by atoms with Crippen LogP contribution in [0.4, 0.5) is 0 Å². The number of rotatable bonds is 6. The van der Waals surface area contributed by atoms with Gasteiger partial charge in [-0.1, -0.05) is 29.8 Å². The lowest BCUT2D eigenvalue weighted by Crippen LogP contribution is -2.42. The zero-order valence-electron chi connectivity index (χ0n) is 15.7. The number of aliphatic imine (C=N–C) groups is 1. The maximum Gasteiger partial charge on any atom is 0.191 e. The van der Waals surface area contributed by atoms with Crippen LogP contribution in [0.2, 0.25) is 0 Å². The molecular formula is C21H29N3O2. The van der Waals surface area contributed by atoms with Gasteiger partial charge in [-0.05, 0) is 37.5 Å². The van der Waals surface area contributed by atoms with Gasteiger partial charge >= 0.3 is 0 Å². The van der Waals surface area contributed by atoms with Gasteiger partial charge in [0.2, 0.25) is 0 Å². The van der Waals surface area contributed by atoms with Crippen molar-refractivity contribution in [2.45, 2.75) is 32.3 Å². The third kappa shape index (κ3) is 5.11. The fourth-order valence-electron chi connectivity index (χ4n) is 3.38. The Morgan fingerprint density at radius 3 is 2.77 bits per heavy atom. The molecule has 1 saturated heterocycles. The number of furan rings is 1. The van der Waals surface area contributed by atoms with Crippen LogP contribution >= 0.6 is 0 Å². The van der Waals surface area contributed by atoms with Gasteiger partial charge in [0.15, 0.2) is 5.96 Å². The molecule has 2 N–H and O–H groups in total. The minimum atomic E-state index is 0.151. The van der Waals surface area contributed by atoms with E-state index in [9.17, 15) is 0 Å². The van der Waals surface area contributed by atoms with E-state index in [1.165, 1.54) is 11.1 Å². The van der Waals surface area contributed by atoms with Crippen molar-refractivity contribution in [2.24, 2.45) is 10.9 Å². The molecule has 1 aromatic carbocycles. The second kappa shape index (κ2) is 9.43. The molecule has 2 heterocycles. The standard InChI is InChI=1S/C21H29N3O2/c1-16-7-9-17(10-8-16)20-18(5-3-14-26-20)15-24-21(22-2)23-12-11-19-6-4-13-25-19/h4,6-10,13,18,20H,3,5,11-12,14-15H2,1-2H3,(H2,22,23,24). The van der Waals surface area contributed by atoms with Crippen molar-refractivity contribution >= 4 is 5.96 Å². The highest BCUT2D eigenvalue weighted by atomic mass is 16.5. The number of nitrogens with one attached hydrogen (secondary N) is 2. The van der Waals surface area contributed by atoms with E-state index < -0.39 is 0 Å². The molecule has 3 rings (SSSR count). The van der Waals surface area contributed by atoms with Gasteiger partial charge in [-0.25, -0.2) is 0 Å². The van der Waals surface area contributed by atoms with E-state index in [1.54, 1.807) is 13.3 Å². The lowest BCUT2D eigenvalue weighted by Gasteiger charge is -2.32. The smallest absolute Gasteiger partial charge is 0.191 e. The van der Waals surface area contributed by atoms with E-state index in [2.05, 4.69) is 46.8 Å². The van der Waals surface area contributed by atoms with Crippen LogP contribution in [0.1, 0.15) is 35.8 Å². The zero-order valence-corrected chi connectivity index (χ0v) is 15.7. The number of hydrogen-bond acceptors (Lipinski definition) is 3. The Balaban J connectivity index is 1.51. The third-order valence-electron chi connectivity index (χ3n) is 4.85. The largest absolute Gasteiger partial charge is 0.469 e. The first-order chi connectivity index (χ1) is 12.8. The minimum absolute atomic E-state index is 0.151. The quantitative estimate of drug-likeness (QED) is 0.615. The molecule has 1 aromatic heterocycles. The summed E-state index contributed by atoms with van der Waals surface area (Å²) in [6.07, 6.45) is 4.97. The first-order valence-corrected chi connectivity index (χ1v) is 9.41. The molecule has 0 aliphatic carbocycles. The normalized spacial score (nSPS) is 20.8. The van der Waals surface area contributed by atoms with Gasteiger partial charge in [-0.3, -0.25) is 4.99 Å². The van der Waals surface area contributed by atoms with Gasteiger partial charge in [-0.2, -0.15) is 0 Å². The molecule has 5 heteroatoms. The number of hydrogen-bond donors (Lipinski definition) is 2. The molecule has 140 valence electrons. The van der Waals surface area contributed by atoms with Gasteiger partial charge in [0.1, 0.15) is 5.76 Å². The summed E-state index contributed by atoms with van der Waals surface area (Å²) < 4.78 is 11.5. The molecule has 1 aliphatic rings. The summed E-state index contributed by atoms with van der Waals surface area (Å²) in [5.41, 5.74) is 2.54. The Morgan fingerprint density at radius 2 is 2.04 bits per heavy atom. The summed E-state index contributed by atoms with van der Waals surface area (Å²) >= 11 is 0. The molecule has 0 radical (unpaired) electrons. The Kier molecular flexibility index (Phi) is 6.72. The first-order valence-electron chi connectivity index (χ1n) is 9.41. The van der Waals surface area contributed by atoms with Gasteiger partial charge in [-0.15, -0.1) is 0 Å². The highest BCUT2D eigenvalue weighted by molar-refractivity contribution is 5.79. The summed E-state index contributed by atoms with van der Waals surface area (Å²) in [6, 6.07) is 12.6. The zero-order chi connectivity index (χ0) is 18.2. The molecule has 5 nitrogen and oxygen atoms in total. The van der Waals surface area contributed by atoms with Crippen molar-refractivity contribution in [2.75, 3.05) is 26.7 Å². The highest BCUT2D eigenvalue weighted by Gasteiger charge is 2.27. The molecule has 0 spiro atoms.